The molecule has 19 heavy (non-hydrogen) atoms. The van der Waals surface area contributed by atoms with Crippen LogP contribution in [0.25, 0.3) is 0 Å². The van der Waals surface area contributed by atoms with Crippen LogP contribution < -0.4 is 0 Å². The quantitative estimate of drug-likeness (QED) is 0.835. The van der Waals surface area contributed by atoms with Crippen LogP contribution in [-0.4, -0.2) is 25.3 Å². The van der Waals surface area contributed by atoms with Crippen molar-refractivity contribution in [3.8, 4) is 6.07 Å². The first-order chi connectivity index (χ1) is 8.96. The van der Waals surface area contributed by atoms with Gasteiger partial charge in [-0.2, -0.15) is 9.57 Å². The molecule has 1 saturated heterocycles. The molecule has 1 aromatic carbocycles. The summed E-state index contributed by atoms with van der Waals surface area (Å²) in [6.45, 7) is 1.94. The lowest BCUT2D eigenvalue weighted by Crippen LogP contribution is -2.43. The Labute approximate surface area is 112 Å². The summed E-state index contributed by atoms with van der Waals surface area (Å²) in [6, 6.07) is 5.05. The van der Waals surface area contributed by atoms with Gasteiger partial charge in [-0.25, -0.2) is 12.8 Å². The molecule has 4 nitrogen and oxygen atoms in total. The molecule has 102 valence electrons. The lowest BCUT2D eigenvalue weighted by molar-refractivity contribution is 0.297. The first-order valence-electron chi connectivity index (χ1n) is 6.14. The monoisotopic (exact) mass is 282 g/mol. The van der Waals surface area contributed by atoms with Crippen LogP contribution in [-0.2, 0) is 10.0 Å². The van der Waals surface area contributed by atoms with Gasteiger partial charge in [0.25, 0.3) is 0 Å². The predicted molar refractivity (Wildman–Crippen MR) is 68.3 cm³/mol. The number of piperidine rings is 1. The van der Waals surface area contributed by atoms with E-state index in [0.29, 0.717) is 18.5 Å². The second-order valence-electron chi connectivity index (χ2n) is 4.67. The number of hydrogen-bond donors (Lipinski definition) is 0. The largest absolute Gasteiger partial charge is 0.244 e. The van der Waals surface area contributed by atoms with Gasteiger partial charge in [0, 0.05) is 6.54 Å². The van der Waals surface area contributed by atoms with Crippen molar-refractivity contribution in [1.82, 2.24) is 4.31 Å². The second kappa shape index (κ2) is 5.27. The topological polar surface area (TPSA) is 61.2 Å². The zero-order valence-corrected chi connectivity index (χ0v) is 11.5. The molecule has 0 aliphatic carbocycles. The highest BCUT2D eigenvalue weighted by Gasteiger charge is 2.34. The molecule has 1 atom stereocenters. The molecule has 2 rings (SSSR count). The van der Waals surface area contributed by atoms with E-state index in [4.69, 9.17) is 5.26 Å². The minimum atomic E-state index is -3.81. The Bertz CT molecular complexity index is 622. The van der Waals surface area contributed by atoms with E-state index in [1.54, 1.807) is 6.92 Å². The SMILES string of the molecule is Cc1ccc(F)cc1S(=O)(=O)N1CCCCC1C#N. The van der Waals surface area contributed by atoms with Crippen LogP contribution in [0.15, 0.2) is 23.1 Å². The van der Waals surface area contributed by atoms with Crippen LogP contribution in [0.4, 0.5) is 4.39 Å². The normalized spacial score (nSPS) is 21.0. The summed E-state index contributed by atoms with van der Waals surface area (Å²) in [5, 5.41) is 9.07. The van der Waals surface area contributed by atoms with Crippen LogP contribution in [0.2, 0.25) is 0 Å². The maximum atomic E-state index is 13.3. The molecule has 0 radical (unpaired) electrons. The van der Waals surface area contributed by atoms with Crippen molar-refractivity contribution < 1.29 is 12.8 Å². The van der Waals surface area contributed by atoms with Crippen LogP contribution in [0, 0.1) is 24.1 Å². The van der Waals surface area contributed by atoms with Gasteiger partial charge in [-0.1, -0.05) is 6.07 Å². The molecule has 0 aromatic heterocycles. The van der Waals surface area contributed by atoms with Crippen LogP contribution >= 0.6 is 0 Å². The van der Waals surface area contributed by atoms with Gasteiger partial charge in [0.1, 0.15) is 11.9 Å². The summed E-state index contributed by atoms with van der Waals surface area (Å²) >= 11 is 0. The molecule has 1 aromatic rings. The average molecular weight is 282 g/mol. The van der Waals surface area contributed by atoms with Crippen molar-refractivity contribution in [1.29, 1.82) is 5.26 Å². The standard InChI is InChI=1S/C13H15FN2O2S/c1-10-5-6-11(14)8-13(10)19(17,18)16-7-3-2-4-12(16)9-15/h5-6,8,12H,2-4,7H2,1H3. The zero-order valence-electron chi connectivity index (χ0n) is 10.6. The smallest absolute Gasteiger partial charge is 0.207 e. The Hall–Kier alpha value is -1.45. The lowest BCUT2D eigenvalue weighted by atomic mass is 10.1. The maximum Gasteiger partial charge on any atom is 0.244 e. The number of halogens is 1. The van der Waals surface area contributed by atoms with Crippen molar-refractivity contribution in [3.63, 3.8) is 0 Å². The molecule has 1 aliphatic rings. The summed E-state index contributed by atoms with van der Waals surface area (Å²) in [7, 11) is -3.81. The van der Waals surface area contributed by atoms with E-state index < -0.39 is 21.9 Å². The molecule has 1 heterocycles. The van der Waals surface area contributed by atoms with E-state index in [-0.39, 0.29) is 4.90 Å². The fourth-order valence-corrected chi connectivity index (χ4v) is 4.15. The predicted octanol–water partition coefficient (Wildman–Crippen LogP) is 2.20. The van der Waals surface area contributed by atoms with Gasteiger partial charge >= 0.3 is 0 Å². The van der Waals surface area contributed by atoms with Crippen molar-refractivity contribution in [2.45, 2.75) is 37.1 Å². The summed E-state index contributed by atoms with van der Waals surface area (Å²) < 4.78 is 39.5. The van der Waals surface area contributed by atoms with Gasteiger partial charge in [-0.3, -0.25) is 0 Å². The van der Waals surface area contributed by atoms with E-state index in [0.717, 1.165) is 18.9 Å². The van der Waals surface area contributed by atoms with E-state index in [2.05, 4.69) is 0 Å². The molecule has 0 bridgehead atoms. The van der Waals surface area contributed by atoms with E-state index in [1.807, 2.05) is 6.07 Å². The first-order valence-corrected chi connectivity index (χ1v) is 7.58. The van der Waals surface area contributed by atoms with Gasteiger partial charge in [-0.05, 0) is 43.9 Å². The third-order valence-corrected chi connectivity index (χ3v) is 5.39. The highest BCUT2D eigenvalue weighted by molar-refractivity contribution is 7.89. The van der Waals surface area contributed by atoms with Crippen molar-refractivity contribution in [3.05, 3.63) is 29.6 Å². The fraction of sp³-hybridized carbons (Fsp3) is 0.462. The highest BCUT2D eigenvalue weighted by atomic mass is 32.2. The molecule has 1 aliphatic heterocycles. The molecular weight excluding hydrogens is 267 g/mol. The van der Waals surface area contributed by atoms with E-state index in [1.165, 1.54) is 16.4 Å². The molecule has 1 unspecified atom stereocenters. The molecule has 6 heteroatoms. The van der Waals surface area contributed by atoms with Gasteiger partial charge < -0.3 is 0 Å². The van der Waals surface area contributed by atoms with E-state index >= 15 is 0 Å². The molecular formula is C13H15FN2O2S. The molecule has 0 saturated carbocycles. The number of hydrogen-bond acceptors (Lipinski definition) is 3. The molecule has 0 spiro atoms. The van der Waals surface area contributed by atoms with Gasteiger partial charge in [-0.15, -0.1) is 0 Å². The second-order valence-corrected chi connectivity index (χ2v) is 6.53. The number of nitriles is 1. The molecule has 0 N–H and O–H groups in total. The molecule has 0 amide bonds. The number of nitrogens with zero attached hydrogens (tertiary/aromatic N) is 2. The van der Waals surface area contributed by atoms with Gasteiger partial charge in [0.05, 0.1) is 11.0 Å². The van der Waals surface area contributed by atoms with Crippen molar-refractivity contribution >= 4 is 10.0 Å². The first kappa shape index (κ1) is 14.0. The Morgan fingerprint density at radius 1 is 1.42 bits per heavy atom. The van der Waals surface area contributed by atoms with Gasteiger partial charge in [0.2, 0.25) is 10.0 Å². The van der Waals surface area contributed by atoms with Crippen molar-refractivity contribution in [2.75, 3.05) is 6.54 Å². The van der Waals surface area contributed by atoms with Crippen molar-refractivity contribution in [2.24, 2.45) is 0 Å². The summed E-state index contributed by atoms with van der Waals surface area (Å²) in [4.78, 5) is -0.0466. The zero-order chi connectivity index (χ0) is 14.0. The minimum Gasteiger partial charge on any atom is -0.207 e. The third-order valence-electron chi connectivity index (χ3n) is 3.34. The van der Waals surface area contributed by atoms with Crippen LogP contribution in [0.5, 0.6) is 0 Å². The Morgan fingerprint density at radius 2 is 2.16 bits per heavy atom. The highest BCUT2D eigenvalue weighted by Crippen LogP contribution is 2.27. The Balaban J connectivity index is 2.47. The summed E-state index contributed by atoms with van der Waals surface area (Å²) in [6.07, 6.45) is 2.10. The number of rotatable bonds is 2. The van der Waals surface area contributed by atoms with E-state index in [9.17, 15) is 12.8 Å². The lowest BCUT2D eigenvalue weighted by Gasteiger charge is -2.30. The fourth-order valence-electron chi connectivity index (χ4n) is 2.30. The minimum absolute atomic E-state index is 0.0466. The Morgan fingerprint density at radius 3 is 2.84 bits per heavy atom. The maximum absolute atomic E-state index is 13.3. The molecule has 1 fully saturated rings. The number of benzene rings is 1. The third kappa shape index (κ3) is 2.62. The average Bonchev–Trinajstić information content (AvgIpc) is 2.41. The number of aryl methyl sites for hydroxylation is 1. The van der Waals surface area contributed by atoms with Crippen LogP contribution in [0.3, 0.4) is 0 Å². The van der Waals surface area contributed by atoms with Crippen LogP contribution in [0.1, 0.15) is 24.8 Å². The summed E-state index contributed by atoms with van der Waals surface area (Å²) in [5.74, 6) is -0.588. The number of sulfonamides is 1. The van der Waals surface area contributed by atoms with Gasteiger partial charge in [0.15, 0.2) is 0 Å². The Kier molecular flexibility index (Phi) is 3.88. The summed E-state index contributed by atoms with van der Waals surface area (Å²) in [5.41, 5.74) is 0.490.